The number of halogens is 2. The van der Waals surface area contributed by atoms with Crippen molar-refractivity contribution in [1.82, 2.24) is 4.90 Å². The monoisotopic (exact) mass is 289 g/mol. The molecule has 2 atom stereocenters. The number of aliphatic hydroxyl groups excluding tert-OH is 1. The van der Waals surface area contributed by atoms with Gasteiger partial charge < -0.3 is 14.7 Å². The van der Waals surface area contributed by atoms with Crippen molar-refractivity contribution in [2.45, 2.75) is 25.0 Å². The van der Waals surface area contributed by atoms with Gasteiger partial charge in [-0.3, -0.25) is 0 Å². The second-order valence-electron chi connectivity index (χ2n) is 4.68. The van der Waals surface area contributed by atoms with Gasteiger partial charge >= 0.3 is 0 Å². The van der Waals surface area contributed by atoms with E-state index in [1.165, 1.54) is 0 Å². The number of nitrogens with zero attached hydrogens (tertiary/aromatic N) is 1. The number of ether oxygens (including phenoxy) is 1. The zero-order chi connectivity index (χ0) is 13.1. The number of likely N-dealkylation sites (tertiary alicyclic amines) is 1. The number of rotatable bonds is 2. The molecule has 0 spiro atoms. The summed E-state index contributed by atoms with van der Waals surface area (Å²) in [6.45, 7) is 1.81. The van der Waals surface area contributed by atoms with E-state index in [1.54, 1.807) is 18.2 Å². The Kier molecular flexibility index (Phi) is 4.73. The summed E-state index contributed by atoms with van der Waals surface area (Å²) in [5.74, 6) is 0.651. The number of hydrogen-bond donors (Lipinski definition) is 1. The summed E-state index contributed by atoms with van der Waals surface area (Å²) in [5.41, 5.74) is 0. The van der Waals surface area contributed by atoms with Gasteiger partial charge in [-0.05, 0) is 32.0 Å². The van der Waals surface area contributed by atoms with Gasteiger partial charge in [-0.1, -0.05) is 23.2 Å². The molecule has 2 rings (SSSR count). The molecule has 0 amide bonds. The van der Waals surface area contributed by atoms with Crippen LogP contribution in [0.2, 0.25) is 10.0 Å². The maximum atomic E-state index is 10.0. The highest BCUT2D eigenvalue weighted by Crippen LogP contribution is 2.28. The zero-order valence-corrected chi connectivity index (χ0v) is 11.8. The van der Waals surface area contributed by atoms with Crippen molar-refractivity contribution in [3.8, 4) is 5.75 Å². The number of aliphatic hydroxyl groups is 1. The van der Waals surface area contributed by atoms with Gasteiger partial charge in [0.15, 0.2) is 0 Å². The highest BCUT2D eigenvalue weighted by atomic mass is 35.5. The molecule has 0 bridgehead atoms. The Morgan fingerprint density at radius 3 is 2.67 bits per heavy atom. The summed E-state index contributed by atoms with van der Waals surface area (Å²) < 4.78 is 5.81. The highest BCUT2D eigenvalue weighted by molar-refractivity contribution is 6.42. The largest absolute Gasteiger partial charge is 0.488 e. The summed E-state index contributed by atoms with van der Waals surface area (Å²) in [5, 5.41) is 11.0. The van der Waals surface area contributed by atoms with Crippen LogP contribution in [0.5, 0.6) is 5.75 Å². The predicted molar refractivity (Wildman–Crippen MR) is 73.6 cm³/mol. The maximum absolute atomic E-state index is 10.0. The molecule has 100 valence electrons. The van der Waals surface area contributed by atoms with Crippen molar-refractivity contribution in [2.24, 2.45) is 0 Å². The third-order valence-corrected chi connectivity index (χ3v) is 3.95. The molecule has 1 saturated heterocycles. The SMILES string of the molecule is CN1CCC(O)C(Oc2ccc(Cl)c(Cl)c2)CC1. The first-order valence-corrected chi connectivity index (χ1v) is 6.80. The van der Waals surface area contributed by atoms with Crippen LogP contribution in [0, 0.1) is 0 Å². The minimum Gasteiger partial charge on any atom is -0.488 e. The van der Waals surface area contributed by atoms with Gasteiger partial charge in [-0.2, -0.15) is 0 Å². The molecule has 1 aromatic carbocycles. The van der Waals surface area contributed by atoms with Gasteiger partial charge in [0.1, 0.15) is 11.9 Å². The van der Waals surface area contributed by atoms with Gasteiger partial charge in [0.05, 0.1) is 16.1 Å². The van der Waals surface area contributed by atoms with Crippen molar-refractivity contribution in [3.05, 3.63) is 28.2 Å². The average molecular weight is 290 g/mol. The van der Waals surface area contributed by atoms with E-state index in [0.29, 0.717) is 15.8 Å². The van der Waals surface area contributed by atoms with Gasteiger partial charge in [0.25, 0.3) is 0 Å². The number of hydrogen-bond acceptors (Lipinski definition) is 3. The molecule has 1 aliphatic rings. The van der Waals surface area contributed by atoms with E-state index in [1.807, 2.05) is 7.05 Å². The van der Waals surface area contributed by atoms with E-state index in [-0.39, 0.29) is 6.10 Å². The van der Waals surface area contributed by atoms with Gasteiger partial charge in [-0.15, -0.1) is 0 Å². The molecule has 1 N–H and O–H groups in total. The van der Waals surface area contributed by atoms with Crippen LogP contribution in [0.1, 0.15) is 12.8 Å². The Balaban J connectivity index is 2.05. The van der Waals surface area contributed by atoms with Crippen LogP contribution < -0.4 is 4.74 Å². The van der Waals surface area contributed by atoms with E-state index in [4.69, 9.17) is 27.9 Å². The quantitative estimate of drug-likeness (QED) is 0.909. The first-order valence-electron chi connectivity index (χ1n) is 6.04. The van der Waals surface area contributed by atoms with Gasteiger partial charge in [0.2, 0.25) is 0 Å². The van der Waals surface area contributed by atoms with Crippen molar-refractivity contribution in [3.63, 3.8) is 0 Å². The molecule has 0 radical (unpaired) electrons. The molecule has 1 aliphatic heterocycles. The summed E-state index contributed by atoms with van der Waals surface area (Å²) in [7, 11) is 2.05. The van der Waals surface area contributed by atoms with E-state index in [0.717, 1.165) is 25.9 Å². The van der Waals surface area contributed by atoms with E-state index < -0.39 is 6.10 Å². The Labute approximate surface area is 117 Å². The normalized spacial score (nSPS) is 25.8. The molecular weight excluding hydrogens is 273 g/mol. The van der Waals surface area contributed by atoms with Crippen molar-refractivity contribution >= 4 is 23.2 Å². The molecular formula is C13H17Cl2NO2. The molecule has 0 saturated carbocycles. The van der Waals surface area contributed by atoms with Gasteiger partial charge in [-0.25, -0.2) is 0 Å². The van der Waals surface area contributed by atoms with Crippen LogP contribution >= 0.6 is 23.2 Å². The summed E-state index contributed by atoms with van der Waals surface area (Å²) >= 11 is 11.8. The average Bonchev–Trinajstić information content (AvgIpc) is 2.49. The Morgan fingerprint density at radius 2 is 1.94 bits per heavy atom. The summed E-state index contributed by atoms with van der Waals surface area (Å²) in [6, 6.07) is 5.16. The molecule has 5 heteroatoms. The lowest BCUT2D eigenvalue weighted by Crippen LogP contribution is -2.31. The fourth-order valence-corrected chi connectivity index (χ4v) is 2.34. The van der Waals surface area contributed by atoms with Crippen molar-refractivity contribution in [1.29, 1.82) is 0 Å². The molecule has 1 heterocycles. The zero-order valence-electron chi connectivity index (χ0n) is 10.3. The van der Waals surface area contributed by atoms with Crippen molar-refractivity contribution < 1.29 is 9.84 Å². The Morgan fingerprint density at radius 1 is 1.22 bits per heavy atom. The second-order valence-corrected chi connectivity index (χ2v) is 5.49. The fraction of sp³-hybridized carbons (Fsp3) is 0.538. The smallest absolute Gasteiger partial charge is 0.126 e. The topological polar surface area (TPSA) is 32.7 Å². The van der Waals surface area contributed by atoms with E-state index in [9.17, 15) is 5.11 Å². The molecule has 1 fully saturated rings. The Hall–Kier alpha value is -0.480. The van der Waals surface area contributed by atoms with Crippen LogP contribution in [-0.2, 0) is 0 Å². The van der Waals surface area contributed by atoms with E-state index >= 15 is 0 Å². The second kappa shape index (κ2) is 6.11. The van der Waals surface area contributed by atoms with Crippen LogP contribution in [0.4, 0.5) is 0 Å². The van der Waals surface area contributed by atoms with Crippen LogP contribution in [0.15, 0.2) is 18.2 Å². The highest BCUT2D eigenvalue weighted by Gasteiger charge is 2.25. The summed E-state index contributed by atoms with van der Waals surface area (Å²) in [6.07, 6.45) is 0.900. The van der Waals surface area contributed by atoms with Crippen LogP contribution in [0.25, 0.3) is 0 Å². The van der Waals surface area contributed by atoms with Gasteiger partial charge in [0, 0.05) is 19.2 Å². The van der Waals surface area contributed by atoms with Crippen LogP contribution in [0.3, 0.4) is 0 Å². The number of benzene rings is 1. The predicted octanol–water partition coefficient (Wildman–Crippen LogP) is 2.83. The Bertz CT molecular complexity index is 414. The lowest BCUT2D eigenvalue weighted by molar-refractivity contribution is 0.0350. The van der Waals surface area contributed by atoms with Crippen LogP contribution in [-0.4, -0.2) is 42.4 Å². The molecule has 3 nitrogen and oxygen atoms in total. The maximum Gasteiger partial charge on any atom is 0.126 e. The van der Waals surface area contributed by atoms with Crippen molar-refractivity contribution in [2.75, 3.05) is 20.1 Å². The summed E-state index contributed by atoms with van der Waals surface area (Å²) in [4.78, 5) is 2.20. The lowest BCUT2D eigenvalue weighted by atomic mass is 10.1. The lowest BCUT2D eigenvalue weighted by Gasteiger charge is -2.21. The minimum absolute atomic E-state index is 0.188. The third kappa shape index (κ3) is 3.51. The third-order valence-electron chi connectivity index (χ3n) is 3.21. The molecule has 2 unspecified atom stereocenters. The molecule has 0 aromatic heterocycles. The molecule has 0 aliphatic carbocycles. The first kappa shape index (κ1) is 13.9. The van der Waals surface area contributed by atoms with E-state index in [2.05, 4.69) is 4.90 Å². The standard InChI is InChI=1S/C13H17Cl2NO2/c1-16-6-4-12(17)13(5-7-16)18-9-2-3-10(14)11(15)8-9/h2-3,8,12-13,17H,4-7H2,1H3. The minimum atomic E-state index is -0.440. The first-order chi connectivity index (χ1) is 8.56. The fourth-order valence-electron chi connectivity index (χ4n) is 2.05. The molecule has 1 aromatic rings. The molecule has 18 heavy (non-hydrogen) atoms.